The fourth-order valence-corrected chi connectivity index (χ4v) is 3.42. The van der Waals surface area contributed by atoms with Gasteiger partial charge in [-0.1, -0.05) is 12.1 Å². The minimum Gasteiger partial charge on any atom is -0.504 e. The summed E-state index contributed by atoms with van der Waals surface area (Å²) in [5.41, 5.74) is 0.664. The van der Waals surface area contributed by atoms with E-state index in [-0.39, 0.29) is 29.5 Å². The van der Waals surface area contributed by atoms with Crippen molar-refractivity contribution in [3.05, 3.63) is 65.6 Å². The average molecular weight is 403 g/mol. The number of nitrogens with one attached hydrogen (secondary N) is 1. The molecule has 1 aliphatic rings. The summed E-state index contributed by atoms with van der Waals surface area (Å²) >= 11 is 0. The number of phenolic OH excluding ortho intramolecular Hbond substituents is 1. The first kappa shape index (κ1) is 18.9. The van der Waals surface area contributed by atoms with E-state index in [0.29, 0.717) is 17.1 Å². The maximum atomic E-state index is 13.1. The molecular weight excluding hydrogens is 387 g/mol. The van der Waals surface area contributed by atoms with Gasteiger partial charge < -0.3 is 15.2 Å². The van der Waals surface area contributed by atoms with Crippen LogP contribution >= 0.6 is 0 Å². The standard InChI is InChI=1S/C20H16F3N3O3/c1-29-16-7-11(5-6-15(16)27)14-9-17(28)25-19-18(14)24-10-26(19)13-4-2-3-12(8-13)20(21,22)23/h2-8,10,14,27H,9H2,1H3,(H,25,28)/t14-/m1/s1. The number of carbonyl (C=O) groups excluding carboxylic acids is 1. The Bertz CT molecular complexity index is 1090. The number of aromatic hydroxyl groups is 1. The molecule has 1 aromatic heterocycles. The number of rotatable bonds is 3. The summed E-state index contributed by atoms with van der Waals surface area (Å²) < 4.78 is 45.8. The van der Waals surface area contributed by atoms with Crippen molar-refractivity contribution >= 4 is 11.7 Å². The highest BCUT2D eigenvalue weighted by Crippen LogP contribution is 2.40. The van der Waals surface area contributed by atoms with Crippen LogP contribution in [0.4, 0.5) is 19.0 Å². The van der Waals surface area contributed by atoms with E-state index in [1.807, 2.05) is 0 Å². The Hall–Kier alpha value is -3.49. The highest BCUT2D eigenvalue weighted by atomic mass is 19.4. The lowest BCUT2D eigenvalue weighted by Gasteiger charge is -2.24. The molecule has 0 saturated heterocycles. The molecule has 2 aromatic carbocycles. The molecule has 1 amide bonds. The van der Waals surface area contributed by atoms with Gasteiger partial charge in [0.15, 0.2) is 11.5 Å². The largest absolute Gasteiger partial charge is 0.504 e. The van der Waals surface area contributed by atoms with Gasteiger partial charge in [-0.05, 0) is 35.9 Å². The molecule has 0 spiro atoms. The monoisotopic (exact) mass is 403 g/mol. The highest BCUT2D eigenvalue weighted by molar-refractivity contribution is 5.94. The normalized spacial score (nSPS) is 16.3. The Labute approximate surface area is 163 Å². The molecule has 0 unspecified atom stereocenters. The fraction of sp³-hybridized carbons (Fsp3) is 0.200. The van der Waals surface area contributed by atoms with Crippen LogP contribution in [0.5, 0.6) is 11.5 Å². The van der Waals surface area contributed by atoms with Crippen LogP contribution in [-0.4, -0.2) is 27.7 Å². The van der Waals surface area contributed by atoms with Crippen LogP contribution in [-0.2, 0) is 11.0 Å². The van der Waals surface area contributed by atoms with Crippen molar-refractivity contribution in [3.8, 4) is 17.2 Å². The van der Waals surface area contributed by atoms with Crippen LogP contribution in [0.15, 0.2) is 48.8 Å². The third kappa shape index (κ3) is 3.39. The van der Waals surface area contributed by atoms with Crippen molar-refractivity contribution in [2.24, 2.45) is 0 Å². The Morgan fingerprint density at radius 2 is 2.03 bits per heavy atom. The van der Waals surface area contributed by atoms with E-state index >= 15 is 0 Å². The zero-order valence-electron chi connectivity index (χ0n) is 15.2. The first-order chi connectivity index (χ1) is 13.8. The minimum absolute atomic E-state index is 0.0359. The van der Waals surface area contributed by atoms with E-state index in [9.17, 15) is 23.1 Å². The zero-order chi connectivity index (χ0) is 20.8. The van der Waals surface area contributed by atoms with E-state index in [4.69, 9.17) is 4.74 Å². The molecule has 9 heteroatoms. The average Bonchev–Trinajstić information content (AvgIpc) is 3.11. The number of halogens is 3. The molecule has 2 N–H and O–H groups in total. The van der Waals surface area contributed by atoms with Gasteiger partial charge in [-0.2, -0.15) is 13.2 Å². The van der Waals surface area contributed by atoms with Gasteiger partial charge in [-0.15, -0.1) is 0 Å². The Balaban J connectivity index is 1.79. The van der Waals surface area contributed by atoms with Crippen LogP contribution in [0.2, 0.25) is 0 Å². The molecule has 0 radical (unpaired) electrons. The summed E-state index contributed by atoms with van der Waals surface area (Å²) in [5.74, 6) is -0.181. The molecule has 150 valence electrons. The lowest BCUT2D eigenvalue weighted by molar-refractivity contribution is -0.137. The van der Waals surface area contributed by atoms with Gasteiger partial charge >= 0.3 is 6.18 Å². The quantitative estimate of drug-likeness (QED) is 0.691. The summed E-state index contributed by atoms with van der Waals surface area (Å²) in [6.07, 6.45) is -2.98. The zero-order valence-corrected chi connectivity index (χ0v) is 15.2. The molecule has 2 heterocycles. The van der Waals surface area contributed by atoms with Crippen LogP contribution in [0.25, 0.3) is 5.69 Å². The van der Waals surface area contributed by atoms with E-state index in [1.54, 1.807) is 12.1 Å². The van der Waals surface area contributed by atoms with Crippen molar-refractivity contribution in [3.63, 3.8) is 0 Å². The van der Waals surface area contributed by atoms with Gasteiger partial charge in [0.25, 0.3) is 0 Å². The smallest absolute Gasteiger partial charge is 0.416 e. The number of methoxy groups -OCH3 is 1. The number of phenols is 1. The Kier molecular flexibility index (Phi) is 4.45. The number of aromatic nitrogens is 2. The summed E-state index contributed by atoms with van der Waals surface area (Å²) in [4.78, 5) is 16.7. The van der Waals surface area contributed by atoms with E-state index in [2.05, 4.69) is 10.3 Å². The second kappa shape index (κ2) is 6.84. The third-order valence-corrected chi connectivity index (χ3v) is 4.83. The summed E-state index contributed by atoms with van der Waals surface area (Å²) in [7, 11) is 1.42. The number of alkyl halides is 3. The number of hydrogen-bond acceptors (Lipinski definition) is 4. The number of fused-ring (bicyclic) bond motifs is 1. The molecule has 0 aliphatic carbocycles. The predicted octanol–water partition coefficient (Wildman–Crippen LogP) is 4.08. The molecule has 29 heavy (non-hydrogen) atoms. The fourth-order valence-electron chi connectivity index (χ4n) is 3.42. The van der Waals surface area contributed by atoms with Gasteiger partial charge in [-0.3, -0.25) is 9.36 Å². The van der Waals surface area contributed by atoms with Crippen LogP contribution in [0, 0.1) is 0 Å². The van der Waals surface area contributed by atoms with Crippen LogP contribution in [0.1, 0.15) is 29.2 Å². The molecule has 0 fully saturated rings. The Morgan fingerprint density at radius 1 is 1.24 bits per heavy atom. The van der Waals surface area contributed by atoms with Gasteiger partial charge in [0.2, 0.25) is 5.91 Å². The van der Waals surface area contributed by atoms with Crippen LogP contribution < -0.4 is 10.1 Å². The highest BCUT2D eigenvalue weighted by Gasteiger charge is 2.33. The van der Waals surface area contributed by atoms with Gasteiger partial charge in [-0.25, -0.2) is 4.98 Å². The molecule has 0 saturated carbocycles. The van der Waals surface area contributed by atoms with Crippen LogP contribution in [0.3, 0.4) is 0 Å². The van der Waals surface area contributed by atoms with Gasteiger partial charge in [0.05, 0.1) is 18.4 Å². The molecular formula is C20H16F3N3O3. The predicted molar refractivity (Wildman–Crippen MR) is 98.3 cm³/mol. The van der Waals surface area contributed by atoms with Gasteiger partial charge in [0, 0.05) is 18.0 Å². The molecule has 6 nitrogen and oxygen atoms in total. The molecule has 1 atom stereocenters. The summed E-state index contributed by atoms with van der Waals surface area (Å²) in [6, 6.07) is 9.54. The first-order valence-corrected chi connectivity index (χ1v) is 8.69. The second-order valence-corrected chi connectivity index (χ2v) is 6.63. The topological polar surface area (TPSA) is 76.4 Å². The Morgan fingerprint density at radius 3 is 2.76 bits per heavy atom. The lowest BCUT2D eigenvalue weighted by Crippen LogP contribution is -2.25. The third-order valence-electron chi connectivity index (χ3n) is 4.83. The van der Waals surface area contributed by atoms with E-state index in [0.717, 1.165) is 12.1 Å². The first-order valence-electron chi connectivity index (χ1n) is 8.69. The maximum absolute atomic E-state index is 13.1. The minimum atomic E-state index is -4.48. The van der Waals surface area contributed by atoms with E-state index < -0.39 is 17.7 Å². The summed E-state index contributed by atoms with van der Waals surface area (Å²) in [6.45, 7) is 0. The number of ether oxygens (including phenoxy) is 1. The number of imidazole rings is 1. The van der Waals surface area contributed by atoms with Crippen molar-refractivity contribution in [1.82, 2.24) is 9.55 Å². The molecule has 4 rings (SSSR count). The molecule has 1 aliphatic heterocycles. The lowest BCUT2D eigenvalue weighted by atomic mass is 9.89. The number of anilines is 1. The van der Waals surface area contributed by atoms with Crippen molar-refractivity contribution in [1.29, 1.82) is 0 Å². The van der Waals surface area contributed by atoms with Crippen molar-refractivity contribution in [2.45, 2.75) is 18.5 Å². The second-order valence-electron chi connectivity index (χ2n) is 6.63. The molecule has 3 aromatic rings. The summed E-state index contributed by atoms with van der Waals surface area (Å²) in [5, 5.41) is 12.5. The SMILES string of the molecule is COc1cc([C@H]2CC(=O)Nc3c2ncn3-c2cccc(C(F)(F)F)c2)ccc1O. The number of amides is 1. The van der Waals surface area contributed by atoms with Crippen molar-refractivity contribution in [2.75, 3.05) is 12.4 Å². The van der Waals surface area contributed by atoms with Gasteiger partial charge in [0.1, 0.15) is 12.1 Å². The number of nitrogens with zero attached hydrogens (tertiary/aromatic N) is 2. The number of hydrogen-bond donors (Lipinski definition) is 2. The van der Waals surface area contributed by atoms with Crippen molar-refractivity contribution < 1.29 is 27.8 Å². The maximum Gasteiger partial charge on any atom is 0.416 e. The number of carbonyl (C=O) groups is 1. The van der Waals surface area contributed by atoms with E-state index in [1.165, 1.54) is 36.2 Å². The molecule has 0 bridgehead atoms. The number of benzene rings is 2.